The van der Waals surface area contributed by atoms with Crippen LogP contribution in [0, 0.1) is 0 Å². The Labute approximate surface area is 362 Å². The SMILES string of the molecule is c1ccc(C2(c3ccccc3)c3ccccc3-c3ccc(N(c4ccccc4-c4ccc5ccccc5c4)c4ccccc4-c4cc5ccccc5c5ccccc45)cc32)cc1. The Kier molecular flexibility index (Phi) is 8.47. The maximum Gasteiger partial charge on any atom is 0.0714 e. The van der Waals surface area contributed by atoms with Crippen LogP contribution in [0.4, 0.5) is 17.1 Å². The molecule has 0 fully saturated rings. The van der Waals surface area contributed by atoms with Crippen molar-refractivity contribution >= 4 is 49.4 Å². The quantitative estimate of drug-likeness (QED) is 0.145. The van der Waals surface area contributed by atoms with Crippen molar-refractivity contribution in [2.24, 2.45) is 0 Å². The molecule has 0 bridgehead atoms. The number of nitrogens with zero attached hydrogens (tertiary/aromatic N) is 1. The lowest BCUT2D eigenvalue weighted by Crippen LogP contribution is -2.28. The van der Waals surface area contributed by atoms with Crippen LogP contribution in [0.1, 0.15) is 22.3 Å². The fourth-order valence-electron chi connectivity index (χ4n) is 10.4. The maximum absolute atomic E-state index is 2.52. The first kappa shape index (κ1) is 35.9. The van der Waals surface area contributed by atoms with E-state index in [0.717, 1.165) is 22.6 Å². The largest absolute Gasteiger partial charge is 0.309 e. The molecule has 290 valence electrons. The van der Waals surface area contributed by atoms with E-state index >= 15 is 0 Å². The van der Waals surface area contributed by atoms with E-state index in [1.807, 2.05) is 0 Å². The van der Waals surface area contributed by atoms with Crippen molar-refractivity contribution in [2.45, 2.75) is 5.41 Å². The second-order valence-corrected chi connectivity index (χ2v) is 16.4. The summed E-state index contributed by atoms with van der Waals surface area (Å²) in [6.45, 7) is 0. The van der Waals surface area contributed by atoms with E-state index in [-0.39, 0.29) is 0 Å². The molecule has 1 aliphatic carbocycles. The summed E-state index contributed by atoms with van der Waals surface area (Å²) in [7, 11) is 0. The molecule has 0 radical (unpaired) electrons. The molecule has 1 nitrogen and oxygen atoms in total. The molecule has 0 aliphatic heterocycles. The van der Waals surface area contributed by atoms with Crippen LogP contribution in [-0.4, -0.2) is 0 Å². The number of hydrogen-bond donors (Lipinski definition) is 0. The number of rotatable bonds is 7. The lowest BCUT2D eigenvalue weighted by atomic mass is 9.67. The Morgan fingerprint density at radius 2 is 0.806 bits per heavy atom. The van der Waals surface area contributed by atoms with Gasteiger partial charge in [-0.15, -0.1) is 0 Å². The van der Waals surface area contributed by atoms with Gasteiger partial charge in [-0.3, -0.25) is 0 Å². The minimum atomic E-state index is -0.540. The molecule has 12 rings (SSSR count). The molecule has 0 saturated heterocycles. The van der Waals surface area contributed by atoms with E-state index in [0.29, 0.717) is 0 Å². The van der Waals surface area contributed by atoms with E-state index < -0.39 is 5.41 Å². The van der Waals surface area contributed by atoms with Crippen LogP contribution in [0.15, 0.2) is 249 Å². The average Bonchev–Trinajstić information content (AvgIpc) is 3.65. The van der Waals surface area contributed by atoms with Crippen molar-refractivity contribution in [3.05, 3.63) is 271 Å². The number of hydrogen-bond acceptors (Lipinski definition) is 1. The fraction of sp³-hybridized carbons (Fsp3) is 0.0164. The number of anilines is 3. The summed E-state index contributed by atoms with van der Waals surface area (Å²) < 4.78 is 0. The minimum Gasteiger partial charge on any atom is -0.309 e. The molecule has 0 atom stereocenters. The average molecular weight is 788 g/mol. The molecule has 0 heterocycles. The zero-order valence-corrected chi connectivity index (χ0v) is 34.1. The molecule has 0 saturated carbocycles. The Bertz CT molecular complexity index is 3430. The van der Waals surface area contributed by atoms with Crippen LogP contribution in [0.2, 0.25) is 0 Å². The summed E-state index contributed by atoms with van der Waals surface area (Å²) in [5, 5.41) is 7.43. The molecule has 62 heavy (non-hydrogen) atoms. The highest BCUT2D eigenvalue weighted by atomic mass is 15.1. The molecule has 11 aromatic rings. The van der Waals surface area contributed by atoms with Crippen molar-refractivity contribution in [1.82, 2.24) is 0 Å². The minimum absolute atomic E-state index is 0.540. The third-order valence-corrected chi connectivity index (χ3v) is 13.1. The Balaban J connectivity index is 1.17. The van der Waals surface area contributed by atoms with Crippen molar-refractivity contribution in [1.29, 1.82) is 0 Å². The summed E-state index contributed by atoms with van der Waals surface area (Å²) in [5.74, 6) is 0. The first-order valence-electron chi connectivity index (χ1n) is 21.5. The van der Waals surface area contributed by atoms with Crippen molar-refractivity contribution in [3.63, 3.8) is 0 Å². The number of benzene rings is 11. The third kappa shape index (κ3) is 5.56. The lowest BCUT2D eigenvalue weighted by molar-refractivity contribution is 0.768. The molecule has 0 unspecified atom stereocenters. The smallest absolute Gasteiger partial charge is 0.0714 e. The van der Waals surface area contributed by atoms with Gasteiger partial charge in [0.05, 0.1) is 16.8 Å². The van der Waals surface area contributed by atoms with Gasteiger partial charge in [0.1, 0.15) is 0 Å². The normalized spacial score (nSPS) is 12.6. The van der Waals surface area contributed by atoms with Crippen LogP contribution in [0.5, 0.6) is 0 Å². The molecular formula is C61H41N. The van der Waals surface area contributed by atoms with E-state index in [4.69, 9.17) is 0 Å². The van der Waals surface area contributed by atoms with Gasteiger partial charge in [-0.1, -0.05) is 212 Å². The monoisotopic (exact) mass is 787 g/mol. The predicted molar refractivity (Wildman–Crippen MR) is 262 cm³/mol. The van der Waals surface area contributed by atoms with Gasteiger partial charge in [-0.2, -0.15) is 0 Å². The summed E-state index contributed by atoms with van der Waals surface area (Å²) in [5.41, 5.74) is 15.1. The van der Waals surface area contributed by atoms with Crippen molar-refractivity contribution in [2.75, 3.05) is 4.90 Å². The molecule has 1 aliphatic rings. The molecule has 11 aromatic carbocycles. The van der Waals surface area contributed by atoms with Crippen molar-refractivity contribution in [3.8, 4) is 33.4 Å². The van der Waals surface area contributed by atoms with Gasteiger partial charge < -0.3 is 4.90 Å². The summed E-state index contributed by atoms with van der Waals surface area (Å²) >= 11 is 0. The molecule has 0 spiro atoms. The zero-order chi connectivity index (χ0) is 41.0. The lowest BCUT2D eigenvalue weighted by Gasteiger charge is -2.35. The zero-order valence-electron chi connectivity index (χ0n) is 34.1. The molecule has 0 amide bonds. The Morgan fingerprint density at radius 1 is 0.274 bits per heavy atom. The number of para-hydroxylation sites is 2. The highest BCUT2D eigenvalue weighted by molar-refractivity contribution is 6.15. The fourth-order valence-corrected chi connectivity index (χ4v) is 10.4. The van der Waals surface area contributed by atoms with E-state index in [2.05, 4.69) is 254 Å². The second kappa shape index (κ2) is 14.6. The first-order chi connectivity index (χ1) is 30.8. The van der Waals surface area contributed by atoms with Gasteiger partial charge in [-0.05, 0) is 113 Å². The molecular weight excluding hydrogens is 747 g/mol. The third-order valence-electron chi connectivity index (χ3n) is 13.1. The summed E-state index contributed by atoms with van der Waals surface area (Å²) in [6, 6.07) is 91.9. The van der Waals surface area contributed by atoms with Crippen molar-refractivity contribution < 1.29 is 0 Å². The predicted octanol–water partition coefficient (Wildman–Crippen LogP) is 16.3. The molecule has 0 N–H and O–H groups in total. The summed E-state index contributed by atoms with van der Waals surface area (Å²) in [6.07, 6.45) is 0. The maximum atomic E-state index is 2.52. The van der Waals surface area contributed by atoms with Gasteiger partial charge in [0.15, 0.2) is 0 Å². The van der Waals surface area contributed by atoms with E-state index in [9.17, 15) is 0 Å². The Morgan fingerprint density at radius 3 is 1.55 bits per heavy atom. The van der Waals surface area contributed by atoms with Crippen LogP contribution < -0.4 is 4.90 Å². The van der Waals surface area contributed by atoms with E-state index in [1.54, 1.807) is 0 Å². The van der Waals surface area contributed by atoms with Gasteiger partial charge in [0, 0.05) is 16.8 Å². The van der Waals surface area contributed by atoms with Gasteiger partial charge in [-0.25, -0.2) is 0 Å². The topological polar surface area (TPSA) is 3.24 Å². The molecule has 1 heteroatoms. The van der Waals surface area contributed by atoms with Gasteiger partial charge in [0.25, 0.3) is 0 Å². The Hall–Kier alpha value is -8.00. The van der Waals surface area contributed by atoms with E-state index in [1.165, 1.54) is 82.4 Å². The highest BCUT2D eigenvalue weighted by Gasteiger charge is 2.46. The highest BCUT2D eigenvalue weighted by Crippen LogP contribution is 2.58. The van der Waals surface area contributed by atoms with Crippen LogP contribution >= 0.6 is 0 Å². The molecule has 0 aromatic heterocycles. The van der Waals surface area contributed by atoms with Gasteiger partial charge >= 0.3 is 0 Å². The van der Waals surface area contributed by atoms with Crippen LogP contribution in [0.3, 0.4) is 0 Å². The summed E-state index contributed by atoms with van der Waals surface area (Å²) in [4.78, 5) is 2.52. The van der Waals surface area contributed by atoms with Crippen LogP contribution in [0.25, 0.3) is 65.7 Å². The van der Waals surface area contributed by atoms with Crippen LogP contribution in [-0.2, 0) is 5.41 Å². The second-order valence-electron chi connectivity index (χ2n) is 16.4. The standard InChI is InChI=1S/C61H41N/c1-3-22-46(23-4-1)61(47-24-5-2-6-25-47)57-32-16-13-30-53(57)54-38-37-48(41-58(54)61)62(59-33-17-14-27-50(59)45-36-35-42-19-7-8-20-43(42)39-45)60-34-18-15-31-55(60)56-40-44-21-9-10-26-49(44)51-28-11-12-29-52(51)56/h1-41H. The first-order valence-corrected chi connectivity index (χ1v) is 21.5. The number of fused-ring (bicyclic) bond motifs is 7. The van der Waals surface area contributed by atoms with Gasteiger partial charge in [0.2, 0.25) is 0 Å².